The van der Waals surface area contributed by atoms with Gasteiger partial charge in [0.25, 0.3) is 12.4 Å². The Balaban J connectivity index is 2.38. The molecule has 0 aromatic carbocycles. The van der Waals surface area contributed by atoms with Crippen molar-refractivity contribution in [3.63, 3.8) is 0 Å². The number of nitrogens with zero attached hydrogens (tertiary/aromatic N) is 2. The molecule has 0 amide bonds. The van der Waals surface area contributed by atoms with Gasteiger partial charge in [-0.1, -0.05) is 20.8 Å². The van der Waals surface area contributed by atoms with Crippen LogP contribution in [0, 0.1) is 0 Å². The first-order valence-electron chi connectivity index (χ1n) is 6.41. The van der Waals surface area contributed by atoms with Crippen molar-refractivity contribution in [2.75, 3.05) is 13.2 Å². The van der Waals surface area contributed by atoms with E-state index in [4.69, 9.17) is 9.16 Å². The Hall–Kier alpha value is -1.41. The molecule has 1 heterocycles. The summed E-state index contributed by atoms with van der Waals surface area (Å²) in [5.74, 6) is 0.227. The molecule has 7 nitrogen and oxygen atoms in total. The molecule has 0 unspecified atom stereocenters. The Morgan fingerprint density at radius 3 is 2.55 bits per heavy atom. The average Bonchev–Trinajstić information content (AvgIpc) is 2.78. The van der Waals surface area contributed by atoms with Gasteiger partial charge in [0.1, 0.15) is 13.2 Å². The summed E-state index contributed by atoms with van der Waals surface area (Å²) < 4.78 is 20.5. The number of hydrogen-bond acceptors (Lipinski definition) is 7. The fourth-order valence-corrected chi connectivity index (χ4v) is 2.19. The molecule has 1 aromatic rings. The van der Waals surface area contributed by atoms with Crippen molar-refractivity contribution in [2.45, 2.75) is 45.5 Å². The molecular weight excluding hydrogens is 280 g/mol. The van der Waals surface area contributed by atoms with Gasteiger partial charge >= 0.3 is 0 Å². The molecule has 0 fully saturated rings. The average molecular weight is 302 g/mol. The highest BCUT2D eigenvalue weighted by Crippen LogP contribution is 2.36. The lowest BCUT2D eigenvalue weighted by atomic mass is 10.2. The maximum Gasteiger partial charge on any atom is 0.293 e. The van der Waals surface area contributed by atoms with Crippen molar-refractivity contribution >= 4 is 14.8 Å². The van der Waals surface area contributed by atoms with Crippen molar-refractivity contribution in [3.05, 3.63) is 5.69 Å². The predicted octanol–water partition coefficient (Wildman–Crippen LogP) is 2.14. The molecule has 114 valence electrons. The number of ether oxygens (including phenoxy) is 2. The predicted molar refractivity (Wildman–Crippen MR) is 73.8 cm³/mol. The van der Waals surface area contributed by atoms with E-state index in [-0.39, 0.29) is 17.5 Å². The molecular formula is C12H22N2O5Si. The van der Waals surface area contributed by atoms with Crippen LogP contribution in [0.1, 0.15) is 26.5 Å². The van der Waals surface area contributed by atoms with Crippen LogP contribution in [0.15, 0.2) is 4.63 Å². The zero-order valence-corrected chi connectivity index (χ0v) is 13.6. The summed E-state index contributed by atoms with van der Waals surface area (Å²) in [6.45, 7) is 12.0. The molecule has 0 saturated carbocycles. The van der Waals surface area contributed by atoms with Crippen LogP contribution in [0.5, 0.6) is 5.88 Å². The molecule has 0 spiro atoms. The molecule has 0 N–H and O–H groups in total. The van der Waals surface area contributed by atoms with Crippen LogP contribution in [0.25, 0.3) is 0 Å². The molecule has 0 aliphatic rings. The van der Waals surface area contributed by atoms with E-state index in [2.05, 4.69) is 53.5 Å². The number of rotatable bonds is 8. The van der Waals surface area contributed by atoms with E-state index in [0.717, 1.165) is 0 Å². The SMILES string of the molecule is CC(C)(C)[Si](C)(C)OCCOc1nonc1COC=O. The monoisotopic (exact) mass is 302 g/mol. The summed E-state index contributed by atoms with van der Waals surface area (Å²) in [6.07, 6.45) is 0. The Kier molecular flexibility index (Phi) is 5.70. The van der Waals surface area contributed by atoms with E-state index in [9.17, 15) is 4.79 Å². The number of aromatic nitrogens is 2. The first-order valence-corrected chi connectivity index (χ1v) is 9.32. The molecule has 8 heteroatoms. The Bertz CT molecular complexity index is 428. The maximum absolute atomic E-state index is 10.1. The Morgan fingerprint density at radius 1 is 1.25 bits per heavy atom. The lowest BCUT2D eigenvalue weighted by molar-refractivity contribution is -0.130. The van der Waals surface area contributed by atoms with Gasteiger partial charge in [0.15, 0.2) is 14.0 Å². The van der Waals surface area contributed by atoms with Crippen LogP contribution >= 0.6 is 0 Å². The van der Waals surface area contributed by atoms with Crippen LogP contribution < -0.4 is 4.74 Å². The van der Waals surface area contributed by atoms with E-state index in [1.165, 1.54) is 0 Å². The smallest absolute Gasteiger partial charge is 0.293 e. The van der Waals surface area contributed by atoms with Crippen molar-refractivity contribution in [1.82, 2.24) is 10.3 Å². The molecule has 0 radical (unpaired) electrons. The van der Waals surface area contributed by atoms with Crippen LogP contribution in [0.4, 0.5) is 0 Å². The summed E-state index contributed by atoms with van der Waals surface area (Å²) in [7, 11) is -1.77. The highest BCUT2D eigenvalue weighted by molar-refractivity contribution is 6.74. The largest absolute Gasteiger partial charge is 0.472 e. The fourth-order valence-electron chi connectivity index (χ4n) is 1.16. The standard InChI is InChI=1S/C12H22N2O5Si/c1-12(2,3)20(4,5)18-7-6-17-11-10(8-16-9-15)13-19-14-11/h9H,6-8H2,1-5H3. The minimum atomic E-state index is -1.77. The van der Waals surface area contributed by atoms with Crippen LogP contribution in [-0.2, 0) is 20.6 Å². The highest BCUT2D eigenvalue weighted by atomic mass is 28.4. The molecule has 1 aromatic heterocycles. The van der Waals surface area contributed by atoms with E-state index in [1.54, 1.807) is 0 Å². The number of carbonyl (C=O) groups excluding carboxylic acids is 1. The first-order chi connectivity index (χ1) is 9.28. The topological polar surface area (TPSA) is 83.7 Å². The van der Waals surface area contributed by atoms with Gasteiger partial charge in [0.05, 0.1) is 6.61 Å². The molecule has 0 aliphatic carbocycles. The van der Waals surface area contributed by atoms with Gasteiger partial charge in [-0.25, -0.2) is 4.63 Å². The third-order valence-electron chi connectivity index (χ3n) is 3.40. The summed E-state index contributed by atoms with van der Waals surface area (Å²) >= 11 is 0. The van der Waals surface area contributed by atoms with Crippen molar-refractivity contribution < 1.29 is 23.3 Å². The van der Waals surface area contributed by atoms with Gasteiger partial charge < -0.3 is 13.9 Å². The van der Waals surface area contributed by atoms with Gasteiger partial charge in [0, 0.05) is 0 Å². The van der Waals surface area contributed by atoms with Crippen molar-refractivity contribution in [1.29, 1.82) is 0 Å². The Labute approximate surface area is 119 Å². The third kappa shape index (κ3) is 4.60. The fraction of sp³-hybridized carbons (Fsp3) is 0.750. The van der Waals surface area contributed by atoms with Crippen LogP contribution in [0.2, 0.25) is 18.1 Å². The Morgan fingerprint density at radius 2 is 1.95 bits per heavy atom. The summed E-state index contributed by atoms with van der Waals surface area (Å²) in [4.78, 5) is 10.1. The quantitative estimate of drug-likeness (QED) is 0.413. The second-order valence-corrected chi connectivity index (χ2v) is 10.7. The molecule has 0 saturated heterocycles. The zero-order chi connectivity index (χ0) is 15.2. The van der Waals surface area contributed by atoms with Gasteiger partial charge in [-0.2, -0.15) is 0 Å². The molecule has 1 rings (SSSR count). The van der Waals surface area contributed by atoms with Gasteiger partial charge in [-0.05, 0) is 28.4 Å². The van der Waals surface area contributed by atoms with Gasteiger partial charge in [-0.15, -0.1) is 0 Å². The minimum absolute atomic E-state index is 0.0224. The summed E-state index contributed by atoms with van der Waals surface area (Å²) in [5, 5.41) is 7.35. The highest BCUT2D eigenvalue weighted by Gasteiger charge is 2.36. The van der Waals surface area contributed by atoms with Crippen molar-refractivity contribution in [3.8, 4) is 5.88 Å². The zero-order valence-electron chi connectivity index (χ0n) is 12.6. The summed E-state index contributed by atoms with van der Waals surface area (Å²) in [5.41, 5.74) is 0.351. The van der Waals surface area contributed by atoms with E-state index in [0.29, 0.717) is 25.4 Å². The van der Waals surface area contributed by atoms with E-state index in [1.807, 2.05) is 0 Å². The van der Waals surface area contributed by atoms with E-state index >= 15 is 0 Å². The number of hydrogen-bond donors (Lipinski definition) is 0. The molecule has 20 heavy (non-hydrogen) atoms. The van der Waals surface area contributed by atoms with Crippen LogP contribution in [0.3, 0.4) is 0 Å². The third-order valence-corrected chi connectivity index (χ3v) is 7.94. The second-order valence-electron chi connectivity index (χ2n) is 5.88. The first kappa shape index (κ1) is 16.6. The lowest BCUT2D eigenvalue weighted by Crippen LogP contribution is -2.41. The molecule has 0 bridgehead atoms. The molecule has 0 aliphatic heterocycles. The minimum Gasteiger partial charge on any atom is -0.472 e. The van der Waals surface area contributed by atoms with Crippen molar-refractivity contribution in [2.24, 2.45) is 0 Å². The van der Waals surface area contributed by atoms with Gasteiger partial charge in [-0.3, -0.25) is 4.79 Å². The van der Waals surface area contributed by atoms with Crippen LogP contribution in [-0.4, -0.2) is 38.3 Å². The maximum atomic E-state index is 10.1. The lowest BCUT2D eigenvalue weighted by Gasteiger charge is -2.36. The number of carbonyl (C=O) groups is 1. The normalized spacial score (nSPS) is 12.2. The molecule has 0 atom stereocenters. The van der Waals surface area contributed by atoms with E-state index < -0.39 is 8.32 Å². The van der Waals surface area contributed by atoms with Gasteiger partial charge in [0.2, 0.25) is 0 Å². The second kappa shape index (κ2) is 6.85. The summed E-state index contributed by atoms with van der Waals surface area (Å²) in [6, 6.07) is 0.